The Balaban J connectivity index is 2.08. The maximum atomic E-state index is 12.9. The van der Waals surface area contributed by atoms with Crippen molar-refractivity contribution in [2.24, 2.45) is 0 Å². The second-order valence-corrected chi connectivity index (χ2v) is 6.03. The van der Waals surface area contributed by atoms with Crippen LogP contribution in [-0.4, -0.2) is 4.21 Å². The number of hydrogen-bond acceptors (Lipinski definition) is 2. The number of anilines is 1. The van der Waals surface area contributed by atoms with Gasteiger partial charge >= 0.3 is 0 Å². The number of nitrogen functional groups attached to an aromatic ring is 1. The van der Waals surface area contributed by atoms with Gasteiger partial charge in [0.2, 0.25) is 0 Å². The number of hydrogen-bond donors (Lipinski definition) is 1. The van der Waals surface area contributed by atoms with Gasteiger partial charge in [0.05, 0.1) is 11.5 Å². The van der Waals surface area contributed by atoms with E-state index < -0.39 is 16.6 Å². The third kappa shape index (κ3) is 3.78. The van der Waals surface area contributed by atoms with Crippen molar-refractivity contribution >= 4 is 28.1 Å². The predicted molar refractivity (Wildman–Crippen MR) is 77.8 cm³/mol. The SMILES string of the molecule is Nc1cc(F)ccc1CS(=O)Cc1ccccc1Cl. The number of halogens is 2. The molecule has 1 unspecified atom stereocenters. The van der Waals surface area contributed by atoms with Gasteiger partial charge in [-0.15, -0.1) is 0 Å². The molecule has 0 amide bonds. The van der Waals surface area contributed by atoms with Gasteiger partial charge in [-0.05, 0) is 29.3 Å². The molecule has 0 aromatic heterocycles. The van der Waals surface area contributed by atoms with Crippen molar-refractivity contribution in [2.45, 2.75) is 11.5 Å². The molecule has 0 spiro atoms. The molecular formula is C14H13ClFNOS. The van der Waals surface area contributed by atoms with Crippen molar-refractivity contribution in [2.75, 3.05) is 5.73 Å². The molecule has 0 saturated carbocycles. The fraction of sp³-hybridized carbons (Fsp3) is 0.143. The van der Waals surface area contributed by atoms with Crippen LogP contribution in [0.15, 0.2) is 42.5 Å². The van der Waals surface area contributed by atoms with Gasteiger partial charge in [-0.25, -0.2) is 4.39 Å². The average molecular weight is 298 g/mol. The van der Waals surface area contributed by atoms with E-state index in [-0.39, 0.29) is 5.75 Å². The first-order valence-corrected chi connectivity index (χ1v) is 7.55. The van der Waals surface area contributed by atoms with Gasteiger partial charge in [-0.1, -0.05) is 35.9 Å². The Morgan fingerprint density at radius 1 is 1.11 bits per heavy atom. The first kappa shape index (κ1) is 14.0. The Hall–Kier alpha value is -1.39. The molecule has 5 heteroatoms. The van der Waals surface area contributed by atoms with E-state index in [4.69, 9.17) is 17.3 Å². The van der Waals surface area contributed by atoms with E-state index in [1.54, 1.807) is 12.1 Å². The third-order valence-electron chi connectivity index (χ3n) is 2.70. The van der Waals surface area contributed by atoms with E-state index in [0.717, 1.165) is 5.56 Å². The highest BCUT2D eigenvalue weighted by Gasteiger charge is 2.09. The summed E-state index contributed by atoms with van der Waals surface area (Å²) in [5.41, 5.74) is 7.54. The lowest BCUT2D eigenvalue weighted by molar-refractivity contribution is 0.628. The molecule has 0 radical (unpaired) electrons. The Morgan fingerprint density at radius 2 is 1.79 bits per heavy atom. The van der Waals surface area contributed by atoms with Crippen molar-refractivity contribution in [3.8, 4) is 0 Å². The highest BCUT2D eigenvalue weighted by atomic mass is 35.5. The van der Waals surface area contributed by atoms with E-state index in [1.807, 2.05) is 18.2 Å². The van der Waals surface area contributed by atoms with E-state index >= 15 is 0 Å². The minimum Gasteiger partial charge on any atom is -0.398 e. The average Bonchev–Trinajstić information content (AvgIpc) is 2.36. The van der Waals surface area contributed by atoms with Crippen LogP contribution in [0.3, 0.4) is 0 Å². The Morgan fingerprint density at radius 3 is 2.47 bits per heavy atom. The zero-order valence-corrected chi connectivity index (χ0v) is 11.7. The molecule has 0 aliphatic carbocycles. The van der Waals surface area contributed by atoms with Gasteiger partial charge in [0.25, 0.3) is 0 Å². The standard InChI is InChI=1S/C14H13ClFNOS/c15-13-4-2-1-3-10(13)8-19(18)9-11-5-6-12(16)7-14(11)17/h1-7H,8-9,17H2. The summed E-state index contributed by atoms with van der Waals surface area (Å²) in [5.74, 6) is 0.256. The van der Waals surface area contributed by atoms with Gasteiger partial charge in [-0.2, -0.15) is 0 Å². The van der Waals surface area contributed by atoms with Gasteiger partial charge in [0.15, 0.2) is 0 Å². The normalized spacial score (nSPS) is 12.3. The highest BCUT2D eigenvalue weighted by molar-refractivity contribution is 7.83. The van der Waals surface area contributed by atoms with E-state index in [1.165, 1.54) is 12.1 Å². The first-order chi connectivity index (χ1) is 9.06. The van der Waals surface area contributed by atoms with Crippen molar-refractivity contribution in [1.82, 2.24) is 0 Å². The molecule has 1 atom stereocenters. The quantitative estimate of drug-likeness (QED) is 0.878. The van der Waals surface area contributed by atoms with Gasteiger partial charge < -0.3 is 5.73 Å². The Kier molecular flexibility index (Phi) is 4.56. The summed E-state index contributed by atoms with van der Waals surface area (Å²) in [6.45, 7) is 0. The number of benzene rings is 2. The summed E-state index contributed by atoms with van der Waals surface area (Å²) in [6.07, 6.45) is 0. The topological polar surface area (TPSA) is 43.1 Å². The number of nitrogens with two attached hydrogens (primary N) is 1. The molecule has 0 bridgehead atoms. The molecule has 0 aliphatic heterocycles. The smallest absolute Gasteiger partial charge is 0.125 e. The van der Waals surface area contributed by atoms with Crippen LogP contribution in [0.2, 0.25) is 5.02 Å². The third-order valence-corrected chi connectivity index (χ3v) is 4.33. The van der Waals surface area contributed by atoms with Crippen molar-refractivity contribution in [3.05, 3.63) is 64.4 Å². The minimum absolute atomic E-state index is 0.289. The molecule has 19 heavy (non-hydrogen) atoms. The highest BCUT2D eigenvalue weighted by Crippen LogP contribution is 2.20. The molecule has 2 aromatic carbocycles. The van der Waals surface area contributed by atoms with Gasteiger partial charge in [0.1, 0.15) is 5.82 Å². The van der Waals surface area contributed by atoms with Gasteiger partial charge in [0, 0.05) is 21.5 Å². The summed E-state index contributed by atoms with van der Waals surface area (Å²) in [5, 5.41) is 0.600. The van der Waals surface area contributed by atoms with Crippen LogP contribution in [0, 0.1) is 5.82 Å². The molecule has 100 valence electrons. The summed E-state index contributed by atoms with van der Waals surface area (Å²) in [7, 11) is -1.14. The maximum absolute atomic E-state index is 12.9. The lowest BCUT2D eigenvalue weighted by Gasteiger charge is -2.07. The maximum Gasteiger partial charge on any atom is 0.125 e. The second-order valence-electron chi connectivity index (χ2n) is 4.16. The lowest BCUT2D eigenvalue weighted by atomic mass is 10.2. The van der Waals surface area contributed by atoms with Crippen LogP contribution >= 0.6 is 11.6 Å². The van der Waals surface area contributed by atoms with Crippen LogP contribution in [-0.2, 0) is 22.3 Å². The van der Waals surface area contributed by atoms with Crippen molar-refractivity contribution in [1.29, 1.82) is 0 Å². The molecule has 2 nitrogen and oxygen atoms in total. The van der Waals surface area contributed by atoms with Gasteiger partial charge in [-0.3, -0.25) is 4.21 Å². The Labute approximate surface area is 118 Å². The van der Waals surface area contributed by atoms with Crippen molar-refractivity contribution in [3.63, 3.8) is 0 Å². The molecular weight excluding hydrogens is 285 g/mol. The second kappa shape index (κ2) is 6.17. The minimum atomic E-state index is -1.14. The van der Waals surface area contributed by atoms with Crippen LogP contribution in [0.1, 0.15) is 11.1 Å². The summed E-state index contributed by atoms with van der Waals surface area (Å²) in [6, 6.07) is 11.4. The largest absolute Gasteiger partial charge is 0.398 e. The van der Waals surface area contributed by atoms with Crippen LogP contribution in [0.25, 0.3) is 0 Å². The van der Waals surface area contributed by atoms with E-state index in [9.17, 15) is 8.60 Å². The lowest BCUT2D eigenvalue weighted by Crippen LogP contribution is -2.03. The molecule has 0 saturated heterocycles. The molecule has 2 rings (SSSR count). The monoisotopic (exact) mass is 297 g/mol. The molecule has 2 aromatic rings. The molecule has 0 aliphatic rings. The van der Waals surface area contributed by atoms with E-state index in [0.29, 0.717) is 22.0 Å². The van der Waals surface area contributed by atoms with Crippen LogP contribution < -0.4 is 5.73 Å². The fourth-order valence-corrected chi connectivity index (χ4v) is 3.30. The summed E-state index contributed by atoms with van der Waals surface area (Å²) in [4.78, 5) is 0. The molecule has 0 heterocycles. The fourth-order valence-electron chi connectivity index (χ4n) is 1.71. The van der Waals surface area contributed by atoms with Crippen molar-refractivity contribution < 1.29 is 8.60 Å². The van der Waals surface area contributed by atoms with E-state index in [2.05, 4.69) is 0 Å². The van der Waals surface area contributed by atoms with Crippen LogP contribution in [0.4, 0.5) is 10.1 Å². The Bertz CT molecular complexity index is 618. The molecule has 2 N–H and O–H groups in total. The van der Waals surface area contributed by atoms with Crippen LogP contribution in [0.5, 0.6) is 0 Å². The number of rotatable bonds is 4. The summed E-state index contributed by atoms with van der Waals surface area (Å²) >= 11 is 6.01. The summed E-state index contributed by atoms with van der Waals surface area (Å²) < 4.78 is 25.0. The first-order valence-electron chi connectivity index (χ1n) is 5.68. The zero-order valence-electron chi connectivity index (χ0n) is 10.1. The molecule has 0 fully saturated rings. The zero-order chi connectivity index (χ0) is 13.8. The predicted octanol–water partition coefficient (Wildman–Crippen LogP) is 3.51.